The van der Waals surface area contributed by atoms with Crippen molar-refractivity contribution in [3.05, 3.63) is 76.5 Å². The molecule has 1 N–H and O–H groups in total. The van der Waals surface area contributed by atoms with E-state index in [0.29, 0.717) is 12.0 Å². The highest BCUT2D eigenvalue weighted by Gasteiger charge is 2.22. The zero-order valence-corrected chi connectivity index (χ0v) is 22.9. The maximum absolute atomic E-state index is 13.6. The molecule has 0 unspecified atom stereocenters. The highest BCUT2D eigenvalue weighted by atomic mass is 16.2. The lowest BCUT2D eigenvalue weighted by Crippen LogP contribution is -2.29. The standard InChI is InChI=1S/C31H38N4O2/c1-7-9-24-12-21(4)13-30(36)27(24)17-32-31(37)26-15-25(16-29-28(26)18-33-35(29)20(2)3)23-11-8-10-22(14-23)19-34(5)6/h8,10-12,14-16,18,20H,7,9,13,17,19H2,1-6H3,(H,32,37). The molecule has 0 aliphatic heterocycles. The number of carbonyl (C=O) groups excluding carboxylic acids is 2. The van der Waals surface area contributed by atoms with Crippen LogP contribution in [0.15, 0.2) is 65.4 Å². The Morgan fingerprint density at radius 1 is 1.16 bits per heavy atom. The summed E-state index contributed by atoms with van der Waals surface area (Å²) < 4.78 is 1.96. The van der Waals surface area contributed by atoms with Crippen LogP contribution in [0.3, 0.4) is 0 Å². The Morgan fingerprint density at radius 2 is 1.95 bits per heavy atom. The van der Waals surface area contributed by atoms with Gasteiger partial charge in [0.1, 0.15) is 0 Å². The number of carbonyl (C=O) groups is 2. The van der Waals surface area contributed by atoms with Crippen molar-refractivity contribution < 1.29 is 9.59 Å². The van der Waals surface area contributed by atoms with E-state index in [9.17, 15) is 9.59 Å². The van der Waals surface area contributed by atoms with Crippen molar-refractivity contribution in [2.24, 2.45) is 0 Å². The normalized spacial score (nSPS) is 14.2. The van der Waals surface area contributed by atoms with Crippen LogP contribution in [0, 0.1) is 0 Å². The molecule has 6 nitrogen and oxygen atoms in total. The van der Waals surface area contributed by atoms with E-state index in [1.54, 1.807) is 6.20 Å². The van der Waals surface area contributed by atoms with Crippen LogP contribution < -0.4 is 5.32 Å². The van der Waals surface area contributed by atoms with Crippen molar-refractivity contribution in [3.63, 3.8) is 0 Å². The molecule has 6 heteroatoms. The van der Waals surface area contributed by atoms with E-state index in [1.807, 2.05) is 17.7 Å². The molecule has 194 valence electrons. The van der Waals surface area contributed by atoms with Crippen LogP contribution in [0.1, 0.15) is 68.9 Å². The Labute approximate surface area is 220 Å². The molecule has 3 aromatic rings. The van der Waals surface area contributed by atoms with Crippen molar-refractivity contribution in [2.75, 3.05) is 20.6 Å². The lowest BCUT2D eigenvalue weighted by Gasteiger charge is -2.18. The van der Waals surface area contributed by atoms with Crippen LogP contribution in [0.4, 0.5) is 0 Å². The molecule has 0 fully saturated rings. The van der Waals surface area contributed by atoms with Crippen LogP contribution >= 0.6 is 0 Å². The first-order valence-corrected chi connectivity index (χ1v) is 13.1. The highest BCUT2D eigenvalue weighted by molar-refractivity contribution is 6.08. The smallest absolute Gasteiger partial charge is 0.252 e. The summed E-state index contributed by atoms with van der Waals surface area (Å²) in [6.07, 6.45) is 6.09. The molecular formula is C31H38N4O2. The molecule has 37 heavy (non-hydrogen) atoms. The van der Waals surface area contributed by atoms with Crippen molar-refractivity contribution in [1.29, 1.82) is 0 Å². The Kier molecular flexibility index (Phi) is 8.08. The van der Waals surface area contributed by atoms with Crippen molar-refractivity contribution >= 4 is 22.6 Å². The number of aromatic nitrogens is 2. The molecule has 0 spiro atoms. The number of amides is 1. The third kappa shape index (κ3) is 5.91. The number of allylic oxidation sites excluding steroid dienone is 3. The van der Waals surface area contributed by atoms with E-state index in [0.717, 1.165) is 58.1 Å². The molecule has 1 heterocycles. The summed E-state index contributed by atoms with van der Waals surface area (Å²) >= 11 is 0. The number of hydrogen-bond acceptors (Lipinski definition) is 4. The van der Waals surface area contributed by atoms with Gasteiger partial charge >= 0.3 is 0 Å². The minimum Gasteiger partial charge on any atom is -0.348 e. The number of fused-ring (bicyclic) bond motifs is 1. The maximum atomic E-state index is 13.6. The topological polar surface area (TPSA) is 67.2 Å². The van der Waals surface area contributed by atoms with Gasteiger partial charge in [-0.15, -0.1) is 0 Å². The predicted octanol–water partition coefficient (Wildman–Crippen LogP) is 6.09. The van der Waals surface area contributed by atoms with E-state index in [-0.39, 0.29) is 24.3 Å². The van der Waals surface area contributed by atoms with Gasteiger partial charge in [0, 0.05) is 36.5 Å². The Hall–Kier alpha value is -3.51. The number of Topliss-reactive ketones (excluding diaryl/α,β-unsaturated/α-hetero) is 1. The van der Waals surface area contributed by atoms with Gasteiger partial charge in [0.25, 0.3) is 5.91 Å². The van der Waals surface area contributed by atoms with Gasteiger partial charge in [0.05, 0.1) is 17.3 Å². The monoisotopic (exact) mass is 498 g/mol. The molecule has 1 aromatic heterocycles. The molecule has 0 saturated carbocycles. The minimum absolute atomic E-state index is 0.105. The lowest BCUT2D eigenvalue weighted by molar-refractivity contribution is -0.115. The molecule has 1 aliphatic carbocycles. The average molecular weight is 499 g/mol. The van der Waals surface area contributed by atoms with Crippen LogP contribution in [0.2, 0.25) is 0 Å². The summed E-state index contributed by atoms with van der Waals surface area (Å²) in [4.78, 5) is 28.6. The van der Waals surface area contributed by atoms with Crippen LogP contribution in [0.5, 0.6) is 0 Å². The number of ketones is 1. The second kappa shape index (κ2) is 11.3. The number of nitrogens with one attached hydrogen (secondary N) is 1. The van der Waals surface area contributed by atoms with Gasteiger partial charge in [-0.2, -0.15) is 5.10 Å². The van der Waals surface area contributed by atoms with Crippen molar-refractivity contribution in [1.82, 2.24) is 20.0 Å². The van der Waals surface area contributed by atoms with Gasteiger partial charge < -0.3 is 10.2 Å². The summed E-state index contributed by atoms with van der Waals surface area (Å²) in [7, 11) is 4.11. The maximum Gasteiger partial charge on any atom is 0.252 e. The first kappa shape index (κ1) is 26.6. The Bertz CT molecular complexity index is 1390. The quantitative estimate of drug-likeness (QED) is 0.388. The second-order valence-electron chi connectivity index (χ2n) is 10.6. The fourth-order valence-corrected chi connectivity index (χ4v) is 5.07. The van der Waals surface area contributed by atoms with E-state index in [1.165, 1.54) is 5.56 Å². The first-order valence-electron chi connectivity index (χ1n) is 13.1. The predicted molar refractivity (Wildman–Crippen MR) is 151 cm³/mol. The summed E-state index contributed by atoms with van der Waals surface area (Å²) in [5.41, 5.74) is 7.58. The SMILES string of the molecule is CCCC1=C(CNC(=O)c2cc(-c3cccc(CN(C)C)c3)cc3c2cnn3C(C)C)C(=O)CC(C)=C1. The summed E-state index contributed by atoms with van der Waals surface area (Å²) in [5.74, 6) is -0.0880. The molecule has 0 saturated heterocycles. The zero-order chi connectivity index (χ0) is 26.7. The van der Waals surface area contributed by atoms with Crippen LogP contribution in [-0.4, -0.2) is 47.0 Å². The number of benzene rings is 2. The minimum atomic E-state index is -0.193. The average Bonchev–Trinajstić information content (AvgIpc) is 3.27. The lowest BCUT2D eigenvalue weighted by atomic mass is 9.89. The largest absolute Gasteiger partial charge is 0.348 e. The molecule has 0 atom stereocenters. The van der Waals surface area contributed by atoms with Gasteiger partial charge in [-0.05, 0) is 81.7 Å². The fourth-order valence-electron chi connectivity index (χ4n) is 5.07. The molecule has 4 rings (SSSR count). The molecular weight excluding hydrogens is 460 g/mol. The molecule has 1 aliphatic rings. The van der Waals surface area contributed by atoms with Gasteiger partial charge in [-0.1, -0.05) is 43.2 Å². The van der Waals surface area contributed by atoms with Crippen LogP contribution in [-0.2, 0) is 11.3 Å². The molecule has 1 amide bonds. The van der Waals surface area contributed by atoms with Crippen molar-refractivity contribution in [2.45, 2.75) is 59.5 Å². The summed E-state index contributed by atoms with van der Waals surface area (Å²) in [5, 5.41) is 8.47. The van der Waals surface area contributed by atoms with E-state index >= 15 is 0 Å². The van der Waals surface area contributed by atoms with Gasteiger partial charge in [0.15, 0.2) is 5.78 Å². The van der Waals surface area contributed by atoms with E-state index in [2.05, 4.69) is 86.6 Å². The van der Waals surface area contributed by atoms with E-state index in [4.69, 9.17) is 0 Å². The number of nitrogens with zero attached hydrogens (tertiary/aromatic N) is 3. The summed E-state index contributed by atoms with van der Waals surface area (Å²) in [6.45, 7) is 9.34. The third-order valence-corrected chi connectivity index (χ3v) is 6.74. The molecule has 0 radical (unpaired) electrons. The Morgan fingerprint density at radius 3 is 2.65 bits per heavy atom. The van der Waals surface area contributed by atoms with Crippen molar-refractivity contribution in [3.8, 4) is 11.1 Å². The number of rotatable bonds is 9. The molecule has 2 aromatic carbocycles. The zero-order valence-electron chi connectivity index (χ0n) is 22.9. The number of hydrogen-bond donors (Lipinski definition) is 1. The Balaban J connectivity index is 1.73. The first-order chi connectivity index (χ1) is 17.7. The van der Waals surface area contributed by atoms with Gasteiger partial charge in [0.2, 0.25) is 0 Å². The second-order valence-corrected chi connectivity index (χ2v) is 10.6. The van der Waals surface area contributed by atoms with Gasteiger partial charge in [-0.25, -0.2) is 0 Å². The van der Waals surface area contributed by atoms with E-state index < -0.39 is 0 Å². The highest BCUT2D eigenvalue weighted by Crippen LogP contribution is 2.30. The third-order valence-electron chi connectivity index (χ3n) is 6.74. The van der Waals surface area contributed by atoms with Crippen LogP contribution in [0.25, 0.3) is 22.0 Å². The van der Waals surface area contributed by atoms with Gasteiger partial charge in [-0.3, -0.25) is 14.3 Å². The molecule has 0 bridgehead atoms. The fraction of sp³-hybridized carbons (Fsp3) is 0.387. The summed E-state index contributed by atoms with van der Waals surface area (Å²) in [6, 6.07) is 12.7.